The number of aryl methyl sites for hydroxylation is 2. The minimum atomic E-state index is -0.133. The topological polar surface area (TPSA) is 50.9 Å². The summed E-state index contributed by atoms with van der Waals surface area (Å²) in [7, 11) is 0. The molecule has 63 heavy (non-hydrogen) atoms. The van der Waals surface area contributed by atoms with Gasteiger partial charge in [-0.2, -0.15) is 0 Å². The van der Waals surface area contributed by atoms with E-state index in [9.17, 15) is 5.11 Å². The van der Waals surface area contributed by atoms with Crippen LogP contribution >= 0.6 is 0 Å². The molecule has 310 valence electrons. The summed E-state index contributed by atoms with van der Waals surface area (Å²) < 4.78 is 2.26. The zero-order valence-corrected chi connectivity index (χ0v) is 36.9. The normalized spacial score (nSPS) is 13.0. The van der Waals surface area contributed by atoms with Crippen LogP contribution in [0.25, 0.3) is 72.7 Å². The van der Waals surface area contributed by atoms with Gasteiger partial charge in [-0.05, 0) is 130 Å². The van der Waals surface area contributed by atoms with Crippen LogP contribution in [0, 0.1) is 0 Å². The third-order valence-corrected chi connectivity index (χ3v) is 13.2. The van der Waals surface area contributed by atoms with Gasteiger partial charge in [-0.25, -0.2) is 4.98 Å². The molecule has 0 spiro atoms. The molecule has 10 rings (SSSR count). The van der Waals surface area contributed by atoms with Gasteiger partial charge in [0.05, 0.1) is 28.0 Å². The first-order chi connectivity index (χ1) is 30.5. The molecule has 0 atom stereocenters. The van der Waals surface area contributed by atoms with Crippen molar-refractivity contribution < 1.29 is 5.11 Å². The molecule has 9 aromatic rings. The third kappa shape index (κ3) is 7.54. The van der Waals surface area contributed by atoms with Crippen molar-refractivity contribution >= 4 is 11.0 Å². The number of fused-ring (bicyclic) bond motifs is 2. The highest BCUT2D eigenvalue weighted by atomic mass is 16.3. The highest BCUT2D eigenvalue weighted by molar-refractivity contribution is 5.97. The van der Waals surface area contributed by atoms with E-state index in [-0.39, 0.29) is 16.6 Å². The number of phenolic OH excluding ortho intramolecular Hbond substituents is 1. The number of nitrogens with zero attached hydrogens (tertiary/aromatic N) is 3. The van der Waals surface area contributed by atoms with E-state index < -0.39 is 0 Å². The highest BCUT2D eigenvalue weighted by Crippen LogP contribution is 2.43. The Morgan fingerprint density at radius 3 is 1.89 bits per heavy atom. The molecule has 0 bridgehead atoms. The Kier molecular flexibility index (Phi) is 10.2. The average Bonchev–Trinajstić information content (AvgIpc) is 3.71. The predicted octanol–water partition coefficient (Wildman–Crippen LogP) is 15.0. The number of phenols is 1. The Balaban J connectivity index is 1.13. The number of pyridine rings is 1. The zero-order valence-electron chi connectivity index (χ0n) is 36.9. The zero-order chi connectivity index (χ0) is 43.3. The Hall–Kier alpha value is -7.04. The number of rotatable bonds is 8. The Morgan fingerprint density at radius 2 is 1.14 bits per heavy atom. The van der Waals surface area contributed by atoms with Crippen molar-refractivity contribution in [1.29, 1.82) is 0 Å². The first-order valence-corrected chi connectivity index (χ1v) is 22.3. The lowest BCUT2D eigenvalue weighted by Gasteiger charge is -2.26. The number of aromatic hydroxyl groups is 1. The van der Waals surface area contributed by atoms with Crippen molar-refractivity contribution in [3.05, 3.63) is 204 Å². The minimum Gasteiger partial charge on any atom is -0.507 e. The van der Waals surface area contributed by atoms with Crippen molar-refractivity contribution in [2.24, 2.45) is 0 Å². The van der Waals surface area contributed by atoms with Crippen LogP contribution in [0.3, 0.4) is 0 Å². The van der Waals surface area contributed by atoms with Crippen LogP contribution in [0.2, 0.25) is 0 Å². The van der Waals surface area contributed by atoms with Crippen LogP contribution < -0.4 is 0 Å². The number of hydrogen-bond acceptors (Lipinski definition) is 3. The molecule has 0 unspecified atom stereocenters. The van der Waals surface area contributed by atoms with Gasteiger partial charge >= 0.3 is 0 Å². The summed E-state index contributed by atoms with van der Waals surface area (Å²) in [5.74, 6) is 0.995. The largest absolute Gasteiger partial charge is 0.507 e. The van der Waals surface area contributed by atoms with E-state index in [0.717, 1.165) is 98.4 Å². The van der Waals surface area contributed by atoms with Crippen molar-refractivity contribution in [3.63, 3.8) is 0 Å². The molecule has 4 heteroatoms. The number of benzene rings is 7. The average molecular weight is 820 g/mol. The molecule has 1 aliphatic rings. The molecule has 0 amide bonds. The second-order valence-electron chi connectivity index (χ2n) is 18.7. The van der Waals surface area contributed by atoms with E-state index in [1.165, 1.54) is 27.8 Å². The molecular formula is C59H53N3O. The Morgan fingerprint density at radius 1 is 0.492 bits per heavy atom. The summed E-state index contributed by atoms with van der Waals surface area (Å²) in [6.45, 7) is 11.4. The van der Waals surface area contributed by atoms with E-state index >= 15 is 0 Å². The molecule has 1 aliphatic carbocycles. The summed E-state index contributed by atoms with van der Waals surface area (Å²) in [5.41, 5.74) is 18.3. The maximum atomic E-state index is 11.8. The molecule has 2 heterocycles. The van der Waals surface area contributed by atoms with E-state index in [2.05, 4.69) is 203 Å². The molecule has 0 fully saturated rings. The van der Waals surface area contributed by atoms with Crippen LogP contribution in [0.1, 0.15) is 75.3 Å². The van der Waals surface area contributed by atoms with E-state index in [0.29, 0.717) is 0 Å². The van der Waals surface area contributed by atoms with Gasteiger partial charge in [0.15, 0.2) is 0 Å². The van der Waals surface area contributed by atoms with Crippen LogP contribution in [0.5, 0.6) is 5.75 Å². The maximum absolute atomic E-state index is 11.8. The summed E-state index contributed by atoms with van der Waals surface area (Å²) in [6.07, 6.45) is 6.22. The van der Waals surface area contributed by atoms with Gasteiger partial charge in [0, 0.05) is 28.3 Å². The summed E-state index contributed by atoms with van der Waals surface area (Å²) in [4.78, 5) is 10.5. The molecular weight excluding hydrogens is 767 g/mol. The predicted molar refractivity (Wildman–Crippen MR) is 262 cm³/mol. The standard InChI is InChI=1S/C59H53N3O/c1-58(2,3)48-34-44(33-45(35-48)52-37-43(31-32-60-52)39-27-29-47(30-28-39)59(4,5)46-21-10-7-11-22-46)50-24-16-26-54-56(50)61-57(51-36-41-19-12-13-20-42(41)38-55(51)63)62(54)53-25-15-14-23-49(53)40-17-8-6-9-18-40/h6-11,14-18,21-38,63H,12-13,19-20H2,1-5H3. The van der Waals surface area contributed by atoms with Gasteiger partial charge in [0.25, 0.3) is 0 Å². The van der Waals surface area contributed by atoms with Crippen LogP contribution in [0.15, 0.2) is 176 Å². The van der Waals surface area contributed by atoms with Crippen LogP contribution in [-0.4, -0.2) is 19.6 Å². The molecule has 0 radical (unpaired) electrons. The molecule has 0 saturated heterocycles. The fourth-order valence-electron chi connectivity index (χ4n) is 9.47. The fourth-order valence-corrected chi connectivity index (χ4v) is 9.47. The second kappa shape index (κ2) is 16.0. The molecule has 0 saturated carbocycles. The van der Waals surface area contributed by atoms with E-state index in [1.807, 2.05) is 12.3 Å². The lowest BCUT2D eigenvalue weighted by Crippen LogP contribution is -2.18. The number of hydrogen-bond donors (Lipinski definition) is 1. The lowest BCUT2D eigenvalue weighted by molar-refractivity contribution is 0.474. The van der Waals surface area contributed by atoms with Gasteiger partial charge in [0.2, 0.25) is 0 Å². The molecule has 2 aromatic heterocycles. The first kappa shape index (κ1) is 40.1. The van der Waals surface area contributed by atoms with Crippen molar-refractivity contribution in [1.82, 2.24) is 14.5 Å². The summed E-state index contributed by atoms with van der Waals surface area (Å²) in [6, 6.07) is 60.7. The van der Waals surface area contributed by atoms with Crippen molar-refractivity contribution in [3.8, 4) is 67.5 Å². The monoisotopic (exact) mass is 819 g/mol. The Labute approximate surface area is 371 Å². The van der Waals surface area contributed by atoms with E-state index in [1.54, 1.807) is 0 Å². The Bertz CT molecular complexity index is 3120. The lowest BCUT2D eigenvalue weighted by atomic mass is 9.78. The third-order valence-electron chi connectivity index (χ3n) is 13.2. The summed E-state index contributed by atoms with van der Waals surface area (Å²) in [5, 5.41) is 11.8. The molecule has 7 aromatic carbocycles. The van der Waals surface area contributed by atoms with Gasteiger partial charge in [0.1, 0.15) is 11.6 Å². The maximum Gasteiger partial charge on any atom is 0.149 e. The van der Waals surface area contributed by atoms with Gasteiger partial charge < -0.3 is 5.11 Å². The molecule has 1 N–H and O–H groups in total. The van der Waals surface area contributed by atoms with Crippen molar-refractivity contribution in [2.75, 3.05) is 0 Å². The van der Waals surface area contributed by atoms with Crippen LogP contribution in [0.4, 0.5) is 0 Å². The van der Waals surface area contributed by atoms with Gasteiger partial charge in [-0.15, -0.1) is 0 Å². The highest BCUT2D eigenvalue weighted by Gasteiger charge is 2.26. The summed E-state index contributed by atoms with van der Waals surface area (Å²) >= 11 is 0. The number of para-hydroxylation sites is 2. The quantitative estimate of drug-likeness (QED) is 0.166. The second-order valence-corrected chi connectivity index (χ2v) is 18.7. The van der Waals surface area contributed by atoms with E-state index in [4.69, 9.17) is 9.97 Å². The molecule has 4 nitrogen and oxygen atoms in total. The van der Waals surface area contributed by atoms with Gasteiger partial charge in [-0.3, -0.25) is 9.55 Å². The van der Waals surface area contributed by atoms with Crippen molar-refractivity contribution in [2.45, 2.75) is 71.1 Å². The van der Waals surface area contributed by atoms with Gasteiger partial charge in [-0.1, -0.05) is 156 Å². The number of aromatic nitrogens is 3. The minimum absolute atomic E-state index is 0.112. The number of imidazole rings is 1. The first-order valence-electron chi connectivity index (χ1n) is 22.3. The van der Waals surface area contributed by atoms with Crippen LogP contribution in [-0.2, 0) is 23.7 Å². The fraction of sp³-hybridized carbons (Fsp3) is 0.186. The SMILES string of the molecule is CC(C)(C)c1cc(-c2cc(-c3ccc(C(C)(C)c4ccccc4)cc3)ccn2)cc(-c2cccc3c2nc(-c2cc4c(cc2O)CCCC4)n3-c2ccccc2-c2ccccc2)c1. The smallest absolute Gasteiger partial charge is 0.149 e. The molecule has 0 aliphatic heterocycles.